The second-order valence-electron chi connectivity index (χ2n) is 5.98. The van der Waals surface area contributed by atoms with E-state index >= 15 is 0 Å². The van der Waals surface area contributed by atoms with Crippen molar-refractivity contribution in [3.8, 4) is 5.75 Å². The van der Waals surface area contributed by atoms with Crippen LogP contribution in [0.2, 0.25) is 0 Å². The lowest BCUT2D eigenvalue weighted by molar-refractivity contribution is -0.346. The third-order valence-electron chi connectivity index (χ3n) is 3.80. The summed E-state index contributed by atoms with van der Waals surface area (Å²) in [7, 11) is 0. The predicted molar refractivity (Wildman–Crippen MR) is 82.7 cm³/mol. The molecule has 0 unspecified atom stereocenters. The van der Waals surface area contributed by atoms with Gasteiger partial charge in [-0.1, -0.05) is 0 Å². The number of rotatable bonds is 4. The second-order valence-corrected chi connectivity index (χ2v) is 5.98. The Hall–Kier alpha value is -1.97. The van der Waals surface area contributed by atoms with Gasteiger partial charge in [0.25, 0.3) is 5.95 Å². The van der Waals surface area contributed by atoms with Gasteiger partial charge in [-0.3, -0.25) is 0 Å². The Morgan fingerprint density at radius 2 is 1.62 bits per heavy atom. The highest BCUT2D eigenvalue weighted by Gasteiger charge is 2.48. The van der Waals surface area contributed by atoms with Crippen LogP contribution in [0.5, 0.6) is 5.75 Å². The molecule has 0 aliphatic carbocycles. The van der Waals surface area contributed by atoms with Crippen molar-refractivity contribution in [3.63, 3.8) is 0 Å². The van der Waals surface area contributed by atoms with Crippen LogP contribution in [0.15, 0.2) is 36.3 Å². The molecule has 4 nitrogen and oxygen atoms in total. The molecule has 0 spiro atoms. The van der Waals surface area contributed by atoms with Crippen LogP contribution in [0.1, 0.15) is 34.6 Å². The maximum Gasteiger partial charge on any atom is 0.286 e. The molecule has 1 fully saturated rings. The maximum absolute atomic E-state index is 5.80. The van der Waals surface area contributed by atoms with E-state index in [1.807, 2.05) is 65.1 Å². The summed E-state index contributed by atoms with van der Waals surface area (Å²) in [5, 5.41) is 0. The van der Waals surface area contributed by atoms with E-state index in [2.05, 4.69) is 4.99 Å². The lowest BCUT2D eigenvalue weighted by Crippen LogP contribution is -2.60. The standard InChI is InChI=1S/C17H23NO3/c1-6-19-14-9-7-13(8-10-14)18-12-11-15-20-16(2,3)17(4,5)21-15/h7-12H,6H2,1-5H3/p+1. The van der Waals surface area contributed by atoms with Gasteiger partial charge in [-0.25, -0.2) is 4.99 Å². The van der Waals surface area contributed by atoms with E-state index in [1.165, 1.54) is 0 Å². The molecular formula is C17H24NO3+. The monoisotopic (exact) mass is 290 g/mol. The van der Waals surface area contributed by atoms with Gasteiger partial charge in [-0.2, -0.15) is 0 Å². The molecule has 0 saturated carbocycles. The number of hydrogen-bond acceptors (Lipinski definition) is 3. The average molecular weight is 290 g/mol. The van der Waals surface area contributed by atoms with Crippen LogP contribution >= 0.6 is 0 Å². The van der Waals surface area contributed by atoms with Crippen LogP contribution in [0.4, 0.5) is 5.69 Å². The molecule has 1 saturated heterocycles. The lowest BCUT2D eigenvalue weighted by Gasteiger charge is -2.28. The zero-order valence-corrected chi connectivity index (χ0v) is 13.4. The summed E-state index contributed by atoms with van der Waals surface area (Å²) in [6, 6.07) is 7.79. The van der Waals surface area contributed by atoms with Crippen LogP contribution in [-0.4, -0.2) is 24.0 Å². The Labute approximate surface area is 126 Å². The number of benzene rings is 1. The minimum Gasteiger partial charge on any atom is -0.494 e. The largest absolute Gasteiger partial charge is 0.494 e. The lowest BCUT2D eigenvalue weighted by atomic mass is 9.90. The first-order valence-corrected chi connectivity index (χ1v) is 7.25. The Balaban J connectivity index is 2.01. The summed E-state index contributed by atoms with van der Waals surface area (Å²) in [6.45, 7) is 10.7. The molecule has 1 heterocycles. The summed E-state index contributed by atoms with van der Waals surface area (Å²) in [5.41, 5.74) is 0.296. The summed E-state index contributed by atoms with van der Waals surface area (Å²) in [5.74, 6) is 1.40. The minimum absolute atomic E-state index is 0.341. The SMILES string of the molecule is CCOc1ccc([NH+]=CC=C2OC(C)(C)C(C)(C)O2)cc1. The first kappa shape index (κ1) is 15.4. The molecule has 1 aromatic rings. The van der Waals surface area contributed by atoms with Gasteiger partial charge in [-0.05, 0) is 46.8 Å². The van der Waals surface area contributed by atoms with Gasteiger partial charge in [0, 0.05) is 12.1 Å². The molecule has 0 amide bonds. The predicted octanol–water partition coefficient (Wildman–Crippen LogP) is 2.31. The molecule has 1 aromatic carbocycles. The number of nitrogens with one attached hydrogen (secondary N) is 1. The minimum atomic E-state index is -0.341. The molecule has 21 heavy (non-hydrogen) atoms. The average Bonchev–Trinajstić information content (AvgIpc) is 2.60. The Morgan fingerprint density at radius 1 is 1.05 bits per heavy atom. The van der Waals surface area contributed by atoms with Gasteiger partial charge in [0.2, 0.25) is 5.69 Å². The van der Waals surface area contributed by atoms with E-state index in [0.717, 1.165) is 11.4 Å². The summed E-state index contributed by atoms with van der Waals surface area (Å²) in [4.78, 5) is 3.18. The molecule has 0 bridgehead atoms. The van der Waals surface area contributed by atoms with Gasteiger partial charge in [-0.15, -0.1) is 0 Å². The molecular weight excluding hydrogens is 266 g/mol. The van der Waals surface area contributed by atoms with Crippen molar-refractivity contribution in [1.82, 2.24) is 0 Å². The van der Waals surface area contributed by atoms with E-state index in [9.17, 15) is 0 Å². The van der Waals surface area contributed by atoms with Gasteiger partial charge in [0.1, 0.15) is 17.0 Å². The van der Waals surface area contributed by atoms with Crippen LogP contribution in [-0.2, 0) is 9.47 Å². The summed E-state index contributed by atoms with van der Waals surface area (Å²) in [6.07, 6.45) is 3.61. The molecule has 2 rings (SSSR count). The number of ether oxygens (including phenoxy) is 3. The zero-order valence-electron chi connectivity index (χ0n) is 13.4. The van der Waals surface area contributed by atoms with Crippen molar-refractivity contribution in [1.29, 1.82) is 0 Å². The first-order chi connectivity index (χ1) is 9.84. The van der Waals surface area contributed by atoms with Crippen molar-refractivity contribution in [3.05, 3.63) is 36.3 Å². The fourth-order valence-corrected chi connectivity index (χ4v) is 1.86. The van der Waals surface area contributed by atoms with Gasteiger partial charge < -0.3 is 14.2 Å². The molecule has 0 aromatic heterocycles. The van der Waals surface area contributed by atoms with Crippen molar-refractivity contribution in [2.45, 2.75) is 45.8 Å². The number of allylic oxidation sites excluding steroid dienone is 1. The van der Waals surface area contributed by atoms with E-state index in [1.54, 1.807) is 6.08 Å². The quantitative estimate of drug-likeness (QED) is 0.865. The molecule has 0 atom stereocenters. The van der Waals surface area contributed by atoms with Gasteiger partial charge >= 0.3 is 0 Å². The van der Waals surface area contributed by atoms with Gasteiger partial charge in [0.15, 0.2) is 6.21 Å². The van der Waals surface area contributed by atoms with Crippen LogP contribution in [0.3, 0.4) is 0 Å². The van der Waals surface area contributed by atoms with Crippen LogP contribution in [0, 0.1) is 0 Å². The van der Waals surface area contributed by atoms with E-state index in [-0.39, 0.29) is 11.2 Å². The highest BCUT2D eigenvalue weighted by Crippen LogP contribution is 2.39. The molecule has 1 N–H and O–H groups in total. The highest BCUT2D eigenvalue weighted by atomic mass is 16.7. The summed E-state index contributed by atoms with van der Waals surface area (Å²) >= 11 is 0. The first-order valence-electron chi connectivity index (χ1n) is 7.25. The van der Waals surface area contributed by atoms with Crippen molar-refractivity contribution in [2.24, 2.45) is 0 Å². The molecule has 1 aliphatic rings. The topological polar surface area (TPSA) is 41.7 Å². The third kappa shape index (κ3) is 3.57. The van der Waals surface area contributed by atoms with E-state index in [4.69, 9.17) is 14.2 Å². The second kappa shape index (κ2) is 5.80. The van der Waals surface area contributed by atoms with Crippen molar-refractivity contribution < 1.29 is 19.2 Å². The molecule has 0 radical (unpaired) electrons. The number of hydrogen-bond donors (Lipinski definition) is 1. The summed E-state index contributed by atoms with van der Waals surface area (Å²) < 4.78 is 17.0. The molecule has 4 heteroatoms. The molecule has 1 aliphatic heterocycles. The van der Waals surface area contributed by atoms with E-state index < -0.39 is 0 Å². The third-order valence-corrected chi connectivity index (χ3v) is 3.80. The van der Waals surface area contributed by atoms with Gasteiger partial charge in [0.05, 0.1) is 12.7 Å². The Bertz CT molecular complexity index is 524. The Kier molecular flexibility index (Phi) is 4.26. The fraction of sp³-hybridized carbons (Fsp3) is 0.471. The van der Waals surface area contributed by atoms with Crippen molar-refractivity contribution >= 4 is 11.9 Å². The van der Waals surface area contributed by atoms with E-state index in [0.29, 0.717) is 12.6 Å². The van der Waals surface area contributed by atoms with Crippen molar-refractivity contribution in [2.75, 3.05) is 6.61 Å². The fourth-order valence-electron chi connectivity index (χ4n) is 1.86. The van der Waals surface area contributed by atoms with Crippen LogP contribution < -0.4 is 9.73 Å². The highest BCUT2D eigenvalue weighted by molar-refractivity contribution is 5.66. The normalized spacial score (nSPS) is 19.2. The zero-order chi connectivity index (χ0) is 15.5. The smallest absolute Gasteiger partial charge is 0.286 e. The maximum atomic E-state index is 5.80. The molecule has 114 valence electrons. The van der Waals surface area contributed by atoms with Crippen LogP contribution in [0.25, 0.3) is 0 Å². The Morgan fingerprint density at radius 3 is 2.14 bits per heavy atom.